The molecular formula is C29H27BrN2O4S. The minimum atomic E-state index is -3.78. The molecule has 0 fully saturated rings. The molecule has 4 rings (SSSR count). The van der Waals surface area contributed by atoms with Gasteiger partial charge in [-0.05, 0) is 73.5 Å². The lowest BCUT2D eigenvalue weighted by atomic mass is 10.1. The van der Waals surface area contributed by atoms with Crippen LogP contribution in [-0.4, -0.2) is 20.9 Å². The van der Waals surface area contributed by atoms with E-state index >= 15 is 0 Å². The van der Waals surface area contributed by atoms with Gasteiger partial charge in [0.1, 0.15) is 5.75 Å². The molecule has 1 amide bonds. The maximum Gasteiger partial charge on any atom is 0.261 e. The first-order valence-corrected chi connectivity index (χ1v) is 14.0. The molecule has 0 aliphatic carbocycles. The number of sulfonamides is 1. The van der Waals surface area contributed by atoms with Crippen LogP contribution in [0.3, 0.4) is 0 Å². The van der Waals surface area contributed by atoms with Crippen molar-refractivity contribution in [3.8, 4) is 5.75 Å². The van der Waals surface area contributed by atoms with Gasteiger partial charge in [-0.1, -0.05) is 64.0 Å². The molecule has 2 N–H and O–H groups in total. The Kier molecular flexibility index (Phi) is 8.31. The van der Waals surface area contributed by atoms with Crippen molar-refractivity contribution in [1.82, 2.24) is 0 Å². The minimum absolute atomic E-state index is 0.0952. The Morgan fingerprint density at radius 3 is 2.32 bits per heavy atom. The molecule has 0 heterocycles. The van der Waals surface area contributed by atoms with Crippen LogP contribution in [0.2, 0.25) is 0 Å². The second kappa shape index (κ2) is 11.6. The Morgan fingerprint density at radius 2 is 1.62 bits per heavy atom. The van der Waals surface area contributed by atoms with Gasteiger partial charge in [-0.2, -0.15) is 0 Å². The van der Waals surface area contributed by atoms with Gasteiger partial charge < -0.3 is 10.1 Å². The van der Waals surface area contributed by atoms with Crippen molar-refractivity contribution in [3.05, 3.63) is 118 Å². The van der Waals surface area contributed by atoms with E-state index < -0.39 is 10.0 Å². The number of aryl methyl sites for hydroxylation is 2. The van der Waals surface area contributed by atoms with Crippen LogP contribution in [0.4, 0.5) is 11.4 Å². The average Bonchev–Trinajstić information content (AvgIpc) is 2.87. The van der Waals surface area contributed by atoms with E-state index in [0.29, 0.717) is 35.7 Å². The number of carbonyl (C=O) groups excluding carboxylic acids is 1. The second-order valence-electron chi connectivity index (χ2n) is 8.63. The molecular weight excluding hydrogens is 552 g/mol. The number of benzene rings is 4. The van der Waals surface area contributed by atoms with Gasteiger partial charge in [0.25, 0.3) is 15.9 Å². The highest BCUT2D eigenvalue weighted by molar-refractivity contribution is 9.10. The molecule has 0 aliphatic rings. The monoisotopic (exact) mass is 578 g/mol. The summed E-state index contributed by atoms with van der Waals surface area (Å²) < 4.78 is 35.0. The molecule has 0 spiro atoms. The van der Waals surface area contributed by atoms with Gasteiger partial charge in [0.2, 0.25) is 0 Å². The number of halogens is 1. The lowest BCUT2D eigenvalue weighted by Crippen LogP contribution is -2.16. The number of hydrogen-bond donors (Lipinski definition) is 2. The van der Waals surface area contributed by atoms with Crippen molar-refractivity contribution in [1.29, 1.82) is 0 Å². The van der Waals surface area contributed by atoms with Gasteiger partial charge in [0, 0.05) is 16.6 Å². The van der Waals surface area contributed by atoms with E-state index in [-0.39, 0.29) is 10.8 Å². The number of nitrogens with one attached hydrogen (secondary N) is 2. The van der Waals surface area contributed by atoms with Gasteiger partial charge in [-0.25, -0.2) is 8.42 Å². The van der Waals surface area contributed by atoms with Gasteiger partial charge in [-0.15, -0.1) is 0 Å². The number of anilines is 2. The van der Waals surface area contributed by atoms with Gasteiger partial charge in [0.05, 0.1) is 22.8 Å². The first-order valence-electron chi connectivity index (χ1n) is 11.7. The fraction of sp³-hybridized carbons (Fsp3) is 0.138. The number of rotatable bonds is 9. The van der Waals surface area contributed by atoms with E-state index in [4.69, 9.17) is 4.74 Å². The number of hydrogen-bond acceptors (Lipinski definition) is 4. The maximum atomic E-state index is 13.1. The SMILES string of the molecule is Cc1ccc(NS(=O)(=O)c2ccc(NC(=O)c3cc(Br)ccc3OCCc3ccccc3)cc2)c(C)c1. The molecule has 0 saturated carbocycles. The van der Waals surface area contributed by atoms with Gasteiger partial charge in [-0.3, -0.25) is 9.52 Å². The van der Waals surface area contributed by atoms with Crippen LogP contribution in [0.5, 0.6) is 5.75 Å². The Labute approximate surface area is 225 Å². The molecule has 0 radical (unpaired) electrons. The van der Waals surface area contributed by atoms with Crippen molar-refractivity contribution >= 4 is 43.2 Å². The highest BCUT2D eigenvalue weighted by Gasteiger charge is 2.17. The molecule has 4 aromatic rings. The zero-order valence-electron chi connectivity index (χ0n) is 20.5. The molecule has 0 atom stereocenters. The number of ether oxygens (including phenoxy) is 1. The predicted octanol–water partition coefficient (Wildman–Crippen LogP) is 6.74. The molecule has 0 bridgehead atoms. The highest BCUT2D eigenvalue weighted by Crippen LogP contribution is 2.26. The largest absolute Gasteiger partial charge is 0.492 e. The summed E-state index contributed by atoms with van der Waals surface area (Å²) in [6, 6.07) is 26.8. The topological polar surface area (TPSA) is 84.5 Å². The van der Waals surface area contributed by atoms with Gasteiger partial charge >= 0.3 is 0 Å². The van der Waals surface area contributed by atoms with E-state index in [1.807, 2.05) is 62.4 Å². The predicted molar refractivity (Wildman–Crippen MR) is 151 cm³/mol. The Hall–Kier alpha value is -3.62. The third kappa shape index (κ3) is 6.99. The Balaban J connectivity index is 1.44. The lowest BCUT2D eigenvalue weighted by Gasteiger charge is -2.13. The zero-order chi connectivity index (χ0) is 26.4. The third-order valence-electron chi connectivity index (χ3n) is 5.73. The van der Waals surface area contributed by atoms with Crippen LogP contribution in [0.15, 0.2) is 100 Å². The van der Waals surface area contributed by atoms with Crippen molar-refractivity contribution in [3.63, 3.8) is 0 Å². The normalized spacial score (nSPS) is 11.1. The molecule has 4 aromatic carbocycles. The van der Waals surface area contributed by atoms with Crippen molar-refractivity contribution in [2.45, 2.75) is 25.2 Å². The molecule has 37 heavy (non-hydrogen) atoms. The first-order chi connectivity index (χ1) is 17.7. The highest BCUT2D eigenvalue weighted by atomic mass is 79.9. The fourth-order valence-electron chi connectivity index (χ4n) is 3.78. The zero-order valence-corrected chi connectivity index (χ0v) is 22.9. The summed E-state index contributed by atoms with van der Waals surface area (Å²) in [5, 5.41) is 2.82. The quantitative estimate of drug-likeness (QED) is 0.230. The fourth-order valence-corrected chi connectivity index (χ4v) is 5.27. The van der Waals surface area contributed by atoms with Crippen LogP contribution in [-0.2, 0) is 16.4 Å². The van der Waals surface area contributed by atoms with Crippen molar-refractivity contribution in [2.24, 2.45) is 0 Å². The van der Waals surface area contributed by atoms with Gasteiger partial charge in [0.15, 0.2) is 0 Å². The first kappa shape index (κ1) is 26.4. The van der Waals surface area contributed by atoms with Crippen LogP contribution >= 0.6 is 15.9 Å². The molecule has 8 heteroatoms. The Bertz CT molecular complexity index is 1510. The third-order valence-corrected chi connectivity index (χ3v) is 7.60. The molecule has 0 unspecified atom stereocenters. The number of carbonyl (C=O) groups is 1. The second-order valence-corrected chi connectivity index (χ2v) is 11.2. The van der Waals surface area contributed by atoms with E-state index in [2.05, 4.69) is 26.0 Å². The number of amides is 1. The average molecular weight is 580 g/mol. The summed E-state index contributed by atoms with van der Waals surface area (Å²) in [6.07, 6.45) is 0.712. The Morgan fingerprint density at radius 1 is 0.892 bits per heavy atom. The van der Waals surface area contributed by atoms with E-state index in [9.17, 15) is 13.2 Å². The molecule has 0 aromatic heterocycles. The van der Waals surface area contributed by atoms with Crippen molar-refractivity contribution < 1.29 is 17.9 Å². The summed E-state index contributed by atoms with van der Waals surface area (Å²) in [5.74, 6) is 0.105. The summed E-state index contributed by atoms with van der Waals surface area (Å²) >= 11 is 3.41. The van der Waals surface area contributed by atoms with E-state index in [1.54, 1.807) is 30.3 Å². The molecule has 190 valence electrons. The van der Waals surface area contributed by atoms with Crippen LogP contribution in [0.1, 0.15) is 27.0 Å². The standard InChI is InChI=1S/C29H27BrN2O4S/c1-20-8-14-27(21(2)18-20)32-37(34,35)25-12-10-24(11-13-25)31-29(33)26-19-23(30)9-15-28(26)36-17-16-22-6-4-3-5-7-22/h3-15,18-19,32H,16-17H2,1-2H3,(H,31,33). The molecule has 0 aliphatic heterocycles. The summed E-state index contributed by atoms with van der Waals surface area (Å²) in [7, 11) is -3.78. The molecule has 6 nitrogen and oxygen atoms in total. The van der Waals surface area contributed by atoms with Crippen molar-refractivity contribution in [2.75, 3.05) is 16.6 Å². The summed E-state index contributed by atoms with van der Waals surface area (Å²) in [5.41, 5.74) is 4.39. The van der Waals surface area contributed by atoms with E-state index in [1.165, 1.54) is 12.1 Å². The maximum absolute atomic E-state index is 13.1. The lowest BCUT2D eigenvalue weighted by molar-refractivity contribution is 0.102. The van der Waals surface area contributed by atoms with Crippen LogP contribution in [0, 0.1) is 13.8 Å². The summed E-state index contributed by atoms with van der Waals surface area (Å²) in [6.45, 7) is 4.23. The van der Waals surface area contributed by atoms with Crippen LogP contribution < -0.4 is 14.8 Å². The van der Waals surface area contributed by atoms with Crippen LogP contribution in [0.25, 0.3) is 0 Å². The summed E-state index contributed by atoms with van der Waals surface area (Å²) in [4.78, 5) is 13.2. The smallest absolute Gasteiger partial charge is 0.261 e. The molecule has 0 saturated heterocycles. The van der Waals surface area contributed by atoms with E-state index in [0.717, 1.165) is 21.2 Å². The minimum Gasteiger partial charge on any atom is -0.492 e.